The Labute approximate surface area is 154 Å². The van der Waals surface area contributed by atoms with E-state index in [0.29, 0.717) is 41.8 Å². The highest BCUT2D eigenvalue weighted by molar-refractivity contribution is 6.31. The molecule has 5 heteroatoms. The summed E-state index contributed by atoms with van der Waals surface area (Å²) >= 11 is 5.96. The van der Waals surface area contributed by atoms with Crippen molar-refractivity contribution in [1.82, 2.24) is 0 Å². The Morgan fingerprint density at radius 2 is 1.88 bits per heavy atom. The molecule has 0 atom stereocenters. The molecule has 2 rings (SSSR count). The van der Waals surface area contributed by atoms with E-state index in [1.165, 1.54) is 5.56 Å². The summed E-state index contributed by atoms with van der Waals surface area (Å²) in [4.78, 5) is 12.1. The van der Waals surface area contributed by atoms with Gasteiger partial charge in [0.25, 0.3) is 0 Å². The van der Waals surface area contributed by atoms with Crippen LogP contribution >= 0.6 is 11.6 Å². The SMILES string of the molecule is COc1ccc(Cl)cc1NC(=O)CCCOc1ccc(C(C)C)cc1. The molecule has 1 N–H and O–H groups in total. The van der Waals surface area contributed by atoms with Gasteiger partial charge in [-0.2, -0.15) is 0 Å². The van der Waals surface area contributed by atoms with E-state index in [1.807, 2.05) is 12.1 Å². The van der Waals surface area contributed by atoms with Gasteiger partial charge < -0.3 is 14.8 Å². The normalized spacial score (nSPS) is 10.6. The Bertz CT molecular complexity index is 699. The topological polar surface area (TPSA) is 47.6 Å². The first-order valence-corrected chi connectivity index (χ1v) is 8.73. The van der Waals surface area contributed by atoms with Gasteiger partial charge in [0.15, 0.2) is 0 Å². The zero-order chi connectivity index (χ0) is 18.2. The molecule has 0 heterocycles. The molecule has 0 bridgehead atoms. The standard InChI is InChI=1S/C20H24ClNO3/c1-14(2)15-6-9-17(10-7-15)25-12-4-5-20(23)22-18-13-16(21)8-11-19(18)24-3/h6-11,13-14H,4-5,12H2,1-3H3,(H,22,23). The number of ether oxygens (including phenoxy) is 2. The number of carbonyl (C=O) groups is 1. The van der Waals surface area contributed by atoms with Crippen LogP contribution in [0.15, 0.2) is 42.5 Å². The lowest BCUT2D eigenvalue weighted by atomic mass is 10.0. The quantitative estimate of drug-likeness (QED) is 0.651. The van der Waals surface area contributed by atoms with E-state index in [0.717, 1.165) is 5.75 Å². The van der Waals surface area contributed by atoms with Crippen LogP contribution in [0.1, 0.15) is 38.2 Å². The fourth-order valence-electron chi connectivity index (χ4n) is 2.36. The molecule has 0 radical (unpaired) electrons. The first-order chi connectivity index (χ1) is 12.0. The molecule has 2 aromatic rings. The van der Waals surface area contributed by atoms with Crippen LogP contribution < -0.4 is 14.8 Å². The predicted molar refractivity (Wildman–Crippen MR) is 102 cm³/mol. The van der Waals surface area contributed by atoms with Crippen LogP contribution in [0.4, 0.5) is 5.69 Å². The molecular weight excluding hydrogens is 338 g/mol. The van der Waals surface area contributed by atoms with Crippen molar-refractivity contribution < 1.29 is 14.3 Å². The van der Waals surface area contributed by atoms with Crippen molar-refractivity contribution in [3.63, 3.8) is 0 Å². The van der Waals surface area contributed by atoms with E-state index in [4.69, 9.17) is 21.1 Å². The smallest absolute Gasteiger partial charge is 0.224 e. The van der Waals surface area contributed by atoms with Crippen LogP contribution in [-0.4, -0.2) is 19.6 Å². The summed E-state index contributed by atoms with van der Waals surface area (Å²) in [5.41, 5.74) is 1.85. The molecule has 4 nitrogen and oxygen atoms in total. The van der Waals surface area contributed by atoms with Crippen LogP contribution in [0.3, 0.4) is 0 Å². The van der Waals surface area contributed by atoms with E-state index in [1.54, 1.807) is 25.3 Å². The summed E-state index contributed by atoms with van der Waals surface area (Å²) in [6.07, 6.45) is 0.986. The maximum absolute atomic E-state index is 12.1. The molecule has 2 aromatic carbocycles. The minimum Gasteiger partial charge on any atom is -0.495 e. The lowest BCUT2D eigenvalue weighted by molar-refractivity contribution is -0.116. The van der Waals surface area contributed by atoms with Crippen molar-refractivity contribution in [2.24, 2.45) is 0 Å². The summed E-state index contributed by atoms with van der Waals surface area (Å²) in [6.45, 7) is 4.80. The molecule has 0 aliphatic rings. The number of nitrogens with one attached hydrogen (secondary N) is 1. The Balaban J connectivity index is 1.76. The van der Waals surface area contributed by atoms with Crippen molar-refractivity contribution in [2.45, 2.75) is 32.6 Å². The maximum Gasteiger partial charge on any atom is 0.224 e. The number of rotatable bonds is 8. The van der Waals surface area contributed by atoms with Crippen LogP contribution in [0.5, 0.6) is 11.5 Å². The van der Waals surface area contributed by atoms with Crippen molar-refractivity contribution in [2.75, 3.05) is 19.0 Å². The third kappa shape index (κ3) is 5.98. The Hall–Kier alpha value is -2.20. The average Bonchev–Trinajstić information content (AvgIpc) is 2.59. The highest BCUT2D eigenvalue weighted by atomic mass is 35.5. The number of hydrogen-bond donors (Lipinski definition) is 1. The molecule has 0 aliphatic carbocycles. The molecule has 0 saturated heterocycles. The average molecular weight is 362 g/mol. The van der Waals surface area contributed by atoms with E-state index in [-0.39, 0.29) is 5.91 Å². The highest BCUT2D eigenvalue weighted by Gasteiger charge is 2.08. The predicted octanol–water partition coefficient (Wildman–Crippen LogP) is 5.27. The third-order valence-corrected chi connectivity index (χ3v) is 4.03. The number of anilines is 1. The first kappa shape index (κ1) is 19.1. The van der Waals surface area contributed by atoms with Gasteiger partial charge in [-0.3, -0.25) is 4.79 Å². The molecule has 0 fully saturated rings. The molecule has 0 saturated carbocycles. The Kier molecular flexibility index (Phi) is 7.14. The summed E-state index contributed by atoms with van der Waals surface area (Å²) in [7, 11) is 1.55. The van der Waals surface area contributed by atoms with E-state index >= 15 is 0 Å². The summed E-state index contributed by atoms with van der Waals surface area (Å²) in [6, 6.07) is 13.2. The lowest BCUT2D eigenvalue weighted by Gasteiger charge is -2.11. The first-order valence-electron chi connectivity index (χ1n) is 8.35. The zero-order valence-corrected chi connectivity index (χ0v) is 15.6. The molecule has 0 unspecified atom stereocenters. The molecular formula is C20H24ClNO3. The maximum atomic E-state index is 12.1. The van der Waals surface area contributed by atoms with E-state index in [2.05, 4.69) is 31.3 Å². The molecule has 0 aromatic heterocycles. The lowest BCUT2D eigenvalue weighted by Crippen LogP contribution is -2.13. The fraction of sp³-hybridized carbons (Fsp3) is 0.350. The second-order valence-corrected chi connectivity index (χ2v) is 6.50. The van der Waals surface area contributed by atoms with Crippen molar-refractivity contribution in [3.8, 4) is 11.5 Å². The number of carbonyl (C=O) groups excluding carboxylic acids is 1. The van der Waals surface area contributed by atoms with Gasteiger partial charge in [0.2, 0.25) is 5.91 Å². The number of hydrogen-bond acceptors (Lipinski definition) is 3. The van der Waals surface area contributed by atoms with Gasteiger partial charge in [0.1, 0.15) is 11.5 Å². The van der Waals surface area contributed by atoms with E-state index in [9.17, 15) is 4.79 Å². The number of halogens is 1. The fourth-order valence-corrected chi connectivity index (χ4v) is 2.53. The second-order valence-electron chi connectivity index (χ2n) is 6.07. The Morgan fingerprint density at radius 1 is 1.16 bits per heavy atom. The van der Waals surface area contributed by atoms with Crippen molar-refractivity contribution >= 4 is 23.2 Å². The molecule has 0 aliphatic heterocycles. The van der Waals surface area contributed by atoms with Crippen molar-refractivity contribution in [3.05, 3.63) is 53.1 Å². The summed E-state index contributed by atoms with van der Waals surface area (Å²) < 4.78 is 10.9. The molecule has 0 spiro atoms. The van der Waals surface area contributed by atoms with Crippen LogP contribution in [0.2, 0.25) is 5.02 Å². The Morgan fingerprint density at radius 3 is 2.52 bits per heavy atom. The van der Waals surface area contributed by atoms with Crippen LogP contribution in [-0.2, 0) is 4.79 Å². The van der Waals surface area contributed by atoms with Gasteiger partial charge in [-0.15, -0.1) is 0 Å². The summed E-state index contributed by atoms with van der Waals surface area (Å²) in [5.74, 6) is 1.81. The van der Waals surface area contributed by atoms with Gasteiger partial charge in [-0.25, -0.2) is 0 Å². The second kappa shape index (κ2) is 9.33. The van der Waals surface area contributed by atoms with Gasteiger partial charge in [0.05, 0.1) is 19.4 Å². The minimum atomic E-state index is -0.0978. The minimum absolute atomic E-state index is 0.0978. The van der Waals surface area contributed by atoms with Crippen molar-refractivity contribution in [1.29, 1.82) is 0 Å². The van der Waals surface area contributed by atoms with E-state index < -0.39 is 0 Å². The van der Waals surface area contributed by atoms with Crippen LogP contribution in [0.25, 0.3) is 0 Å². The highest BCUT2D eigenvalue weighted by Crippen LogP contribution is 2.27. The summed E-state index contributed by atoms with van der Waals surface area (Å²) in [5, 5.41) is 3.36. The zero-order valence-electron chi connectivity index (χ0n) is 14.8. The monoisotopic (exact) mass is 361 g/mol. The molecule has 25 heavy (non-hydrogen) atoms. The van der Waals surface area contributed by atoms with Gasteiger partial charge in [-0.05, 0) is 48.2 Å². The molecule has 1 amide bonds. The number of benzene rings is 2. The molecule has 134 valence electrons. The largest absolute Gasteiger partial charge is 0.495 e. The number of amides is 1. The van der Waals surface area contributed by atoms with Gasteiger partial charge >= 0.3 is 0 Å². The van der Waals surface area contributed by atoms with Gasteiger partial charge in [0, 0.05) is 11.4 Å². The van der Waals surface area contributed by atoms with Gasteiger partial charge in [-0.1, -0.05) is 37.6 Å². The third-order valence-electron chi connectivity index (χ3n) is 3.80. The van der Waals surface area contributed by atoms with Crippen LogP contribution in [0, 0.1) is 0 Å². The number of methoxy groups -OCH3 is 1.